The van der Waals surface area contributed by atoms with E-state index in [2.05, 4.69) is 4.74 Å². The standard InChI is InChI=1S/C14H12F2N2O5/c1-22-12-6-9(2-4-11(12)23-14(15)16)7-17-8-10(18(20)21)3-5-13(17)19/h2-6,8,14H,7H2,1H3. The Morgan fingerprint density at radius 2 is 2.00 bits per heavy atom. The number of aromatic nitrogens is 1. The minimum absolute atomic E-state index is 0.0197. The van der Waals surface area contributed by atoms with Gasteiger partial charge in [0, 0.05) is 12.1 Å². The number of hydrogen-bond donors (Lipinski definition) is 0. The molecule has 0 amide bonds. The van der Waals surface area contributed by atoms with Crippen molar-refractivity contribution in [2.45, 2.75) is 13.2 Å². The topological polar surface area (TPSA) is 83.6 Å². The number of halogens is 2. The first kappa shape index (κ1) is 16.4. The van der Waals surface area contributed by atoms with Crippen molar-refractivity contribution in [3.63, 3.8) is 0 Å². The lowest BCUT2D eigenvalue weighted by Gasteiger charge is -2.12. The van der Waals surface area contributed by atoms with Crippen LogP contribution in [0.1, 0.15) is 5.56 Å². The molecule has 0 spiro atoms. The van der Waals surface area contributed by atoms with Crippen LogP contribution in [-0.2, 0) is 6.54 Å². The summed E-state index contributed by atoms with van der Waals surface area (Å²) in [5.74, 6) is -0.0704. The lowest BCUT2D eigenvalue weighted by molar-refractivity contribution is -0.385. The first-order chi connectivity index (χ1) is 10.9. The van der Waals surface area contributed by atoms with E-state index in [1.165, 1.54) is 25.3 Å². The lowest BCUT2D eigenvalue weighted by atomic mass is 10.2. The van der Waals surface area contributed by atoms with Gasteiger partial charge < -0.3 is 14.0 Å². The molecule has 2 rings (SSSR count). The molecule has 0 saturated heterocycles. The molecule has 1 heterocycles. The molecule has 23 heavy (non-hydrogen) atoms. The fraction of sp³-hybridized carbons (Fsp3) is 0.214. The Labute approximate surface area is 128 Å². The number of alkyl halides is 2. The van der Waals surface area contributed by atoms with Gasteiger partial charge in [0.2, 0.25) is 0 Å². The van der Waals surface area contributed by atoms with Crippen molar-refractivity contribution >= 4 is 5.69 Å². The van der Waals surface area contributed by atoms with E-state index in [1.807, 2.05) is 0 Å². The van der Waals surface area contributed by atoms with Gasteiger partial charge >= 0.3 is 6.61 Å². The summed E-state index contributed by atoms with van der Waals surface area (Å²) in [6, 6.07) is 6.36. The molecule has 0 aliphatic heterocycles. The minimum Gasteiger partial charge on any atom is -0.493 e. The monoisotopic (exact) mass is 326 g/mol. The molecule has 0 radical (unpaired) electrons. The molecule has 0 saturated carbocycles. The summed E-state index contributed by atoms with van der Waals surface area (Å²) in [7, 11) is 1.29. The van der Waals surface area contributed by atoms with E-state index >= 15 is 0 Å². The van der Waals surface area contributed by atoms with Gasteiger partial charge in [-0.1, -0.05) is 6.07 Å². The van der Waals surface area contributed by atoms with Gasteiger partial charge in [-0.3, -0.25) is 14.9 Å². The highest BCUT2D eigenvalue weighted by Crippen LogP contribution is 2.29. The van der Waals surface area contributed by atoms with E-state index in [-0.39, 0.29) is 23.7 Å². The van der Waals surface area contributed by atoms with E-state index in [1.54, 1.807) is 0 Å². The summed E-state index contributed by atoms with van der Waals surface area (Å²) in [5.41, 5.74) is -0.122. The summed E-state index contributed by atoms with van der Waals surface area (Å²) < 4.78 is 34.9. The first-order valence-corrected chi connectivity index (χ1v) is 6.37. The molecule has 122 valence electrons. The Hall–Kier alpha value is -2.97. The van der Waals surface area contributed by atoms with Crippen LogP contribution < -0.4 is 15.0 Å². The maximum Gasteiger partial charge on any atom is 0.387 e. The third-order valence-electron chi connectivity index (χ3n) is 2.98. The van der Waals surface area contributed by atoms with Crippen LogP contribution in [0.5, 0.6) is 11.5 Å². The van der Waals surface area contributed by atoms with Crippen molar-refractivity contribution in [2.75, 3.05) is 7.11 Å². The van der Waals surface area contributed by atoms with Gasteiger partial charge in [0.25, 0.3) is 11.2 Å². The van der Waals surface area contributed by atoms with Gasteiger partial charge in [-0.15, -0.1) is 0 Å². The normalized spacial score (nSPS) is 10.6. The minimum atomic E-state index is -2.99. The van der Waals surface area contributed by atoms with Gasteiger partial charge in [0.15, 0.2) is 11.5 Å². The van der Waals surface area contributed by atoms with Gasteiger partial charge in [0.05, 0.1) is 24.8 Å². The van der Waals surface area contributed by atoms with Crippen molar-refractivity contribution in [2.24, 2.45) is 0 Å². The fourth-order valence-electron chi connectivity index (χ4n) is 1.95. The Bertz CT molecular complexity index is 776. The average Bonchev–Trinajstić information content (AvgIpc) is 2.50. The Morgan fingerprint density at radius 3 is 2.61 bits per heavy atom. The van der Waals surface area contributed by atoms with Crippen LogP contribution in [0.25, 0.3) is 0 Å². The van der Waals surface area contributed by atoms with E-state index < -0.39 is 17.1 Å². The van der Waals surface area contributed by atoms with E-state index in [0.29, 0.717) is 5.56 Å². The Morgan fingerprint density at radius 1 is 1.26 bits per heavy atom. The zero-order valence-electron chi connectivity index (χ0n) is 11.9. The van der Waals surface area contributed by atoms with E-state index in [4.69, 9.17) is 4.74 Å². The molecular formula is C14H12F2N2O5. The molecule has 0 bridgehead atoms. The molecule has 0 atom stereocenters. The second kappa shape index (κ2) is 6.86. The smallest absolute Gasteiger partial charge is 0.387 e. The third kappa shape index (κ3) is 4.02. The number of ether oxygens (including phenoxy) is 2. The summed E-state index contributed by atoms with van der Waals surface area (Å²) in [6.45, 7) is -2.97. The van der Waals surface area contributed by atoms with Gasteiger partial charge in [0.1, 0.15) is 0 Å². The lowest BCUT2D eigenvalue weighted by Crippen LogP contribution is -2.19. The van der Waals surface area contributed by atoms with Crippen LogP contribution >= 0.6 is 0 Å². The van der Waals surface area contributed by atoms with Crippen molar-refractivity contribution in [1.82, 2.24) is 4.57 Å². The van der Waals surface area contributed by atoms with Crippen LogP contribution in [0.2, 0.25) is 0 Å². The first-order valence-electron chi connectivity index (χ1n) is 6.37. The zero-order chi connectivity index (χ0) is 17.0. The third-order valence-corrected chi connectivity index (χ3v) is 2.98. The molecule has 7 nitrogen and oxygen atoms in total. The van der Waals surface area contributed by atoms with Crippen molar-refractivity contribution in [3.8, 4) is 11.5 Å². The molecule has 9 heteroatoms. The molecule has 2 aromatic rings. The molecule has 0 fully saturated rings. The molecule has 1 aromatic carbocycles. The van der Waals surface area contributed by atoms with Crippen molar-refractivity contribution in [1.29, 1.82) is 0 Å². The van der Waals surface area contributed by atoms with Crippen LogP contribution in [0, 0.1) is 10.1 Å². The number of rotatable bonds is 6. The maximum atomic E-state index is 12.3. The van der Waals surface area contributed by atoms with Gasteiger partial charge in [-0.2, -0.15) is 8.78 Å². The number of pyridine rings is 1. The van der Waals surface area contributed by atoms with Crippen LogP contribution in [0.3, 0.4) is 0 Å². The second-order valence-corrected chi connectivity index (χ2v) is 4.47. The molecular weight excluding hydrogens is 314 g/mol. The quantitative estimate of drug-likeness (QED) is 0.601. The van der Waals surface area contributed by atoms with Gasteiger partial charge in [-0.05, 0) is 17.7 Å². The number of nitro groups is 1. The molecule has 0 N–H and O–H groups in total. The summed E-state index contributed by atoms with van der Waals surface area (Å²) >= 11 is 0. The van der Waals surface area contributed by atoms with E-state index in [0.717, 1.165) is 22.9 Å². The highest BCUT2D eigenvalue weighted by atomic mass is 19.3. The predicted octanol–water partition coefficient (Wildman–Crippen LogP) is 2.41. The van der Waals surface area contributed by atoms with E-state index in [9.17, 15) is 23.7 Å². The number of hydrogen-bond acceptors (Lipinski definition) is 5. The molecule has 0 aliphatic carbocycles. The van der Waals surface area contributed by atoms with Gasteiger partial charge in [-0.25, -0.2) is 0 Å². The number of methoxy groups -OCH3 is 1. The fourth-order valence-corrected chi connectivity index (χ4v) is 1.95. The number of nitrogens with zero attached hydrogens (tertiary/aromatic N) is 2. The Balaban J connectivity index is 2.32. The van der Waals surface area contributed by atoms with Crippen LogP contribution in [0.15, 0.2) is 41.3 Å². The largest absolute Gasteiger partial charge is 0.493 e. The van der Waals surface area contributed by atoms with Crippen LogP contribution in [0.4, 0.5) is 14.5 Å². The summed E-state index contributed by atoms with van der Waals surface area (Å²) in [4.78, 5) is 21.9. The van der Waals surface area contributed by atoms with Crippen molar-refractivity contribution in [3.05, 3.63) is 62.6 Å². The number of benzene rings is 1. The predicted molar refractivity (Wildman–Crippen MR) is 76.1 cm³/mol. The molecule has 0 unspecified atom stereocenters. The average molecular weight is 326 g/mol. The molecule has 0 aliphatic rings. The summed E-state index contributed by atoms with van der Waals surface area (Å²) in [6.07, 6.45) is 1.11. The zero-order valence-corrected chi connectivity index (χ0v) is 11.9. The highest BCUT2D eigenvalue weighted by molar-refractivity contribution is 5.43. The highest BCUT2D eigenvalue weighted by Gasteiger charge is 2.12. The second-order valence-electron chi connectivity index (χ2n) is 4.47. The maximum absolute atomic E-state index is 12.3. The van der Waals surface area contributed by atoms with Crippen LogP contribution in [-0.4, -0.2) is 23.2 Å². The van der Waals surface area contributed by atoms with Crippen molar-refractivity contribution < 1.29 is 23.2 Å². The molecule has 1 aromatic heterocycles. The Kier molecular flexibility index (Phi) is 4.89. The SMILES string of the molecule is COc1cc(Cn2cc([N+](=O)[O-])ccc2=O)ccc1OC(F)F. The summed E-state index contributed by atoms with van der Waals surface area (Å²) in [5, 5.41) is 10.7.